The predicted molar refractivity (Wildman–Crippen MR) is 77.1 cm³/mol. The average Bonchev–Trinajstić information content (AvgIpc) is 2.31. The number of halogens is 2. The summed E-state index contributed by atoms with van der Waals surface area (Å²) in [5.41, 5.74) is 0. The largest absolute Gasteiger partial charge is 0.368 e. The van der Waals surface area contributed by atoms with Crippen LogP contribution in [0, 0.1) is 11.6 Å². The van der Waals surface area contributed by atoms with E-state index in [2.05, 4.69) is 24.1 Å². The second kappa shape index (κ2) is 5.53. The average molecular weight is 287 g/mol. The molecule has 1 aliphatic rings. The Bertz CT molecular complexity index is 465. The summed E-state index contributed by atoms with van der Waals surface area (Å²) in [6.45, 7) is 8.09. The van der Waals surface area contributed by atoms with Crippen molar-refractivity contribution in [3.63, 3.8) is 0 Å². The summed E-state index contributed by atoms with van der Waals surface area (Å²) in [4.78, 5) is 6.00. The zero-order valence-corrected chi connectivity index (χ0v) is 12.3. The topological polar surface area (TPSA) is 28.2 Å². The van der Waals surface area contributed by atoms with Crippen molar-refractivity contribution in [3.05, 3.63) is 17.7 Å². The molecule has 0 amide bonds. The van der Waals surface area contributed by atoms with E-state index in [1.54, 1.807) is 0 Å². The van der Waals surface area contributed by atoms with Gasteiger partial charge < -0.3 is 10.2 Å². The maximum absolute atomic E-state index is 13.9. The van der Waals surface area contributed by atoms with Gasteiger partial charge in [-0.1, -0.05) is 0 Å². The molecule has 0 bridgehead atoms. The maximum Gasteiger partial charge on any atom is 0.168 e. The Morgan fingerprint density at radius 1 is 1.42 bits per heavy atom. The maximum atomic E-state index is 13.9. The molecule has 0 unspecified atom stereocenters. The summed E-state index contributed by atoms with van der Waals surface area (Å²) in [6, 6.07) is 0.912. The number of pyridine rings is 1. The molecule has 6 heteroatoms. The molecule has 19 heavy (non-hydrogen) atoms. The molecule has 1 aliphatic heterocycles. The molecule has 1 saturated heterocycles. The molecule has 0 aromatic carbocycles. The number of aromatic nitrogens is 1. The van der Waals surface area contributed by atoms with Crippen molar-refractivity contribution in [2.75, 3.05) is 35.6 Å². The molecule has 1 aromatic rings. The van der Waals surface area contributed by atoms with E-state index in [0.717, 1.165) is 18.4 Å². The Morgan fingerprint density at radius 2 is 2.16 bits per heavy atom. The van der Waals surface area contributed by atoms with Crippen molar-refractivity contribution >= 4 is 23.4 Å². The van der Waals surface area contributed by atoms with Gasteiger partial charge >= 0.3 is 0 Å². The van der Waals surface area contributed by atoms with Crippen LogP contribution in [-0.2, 0) is 0 Å². The summed E-state index contributed by atoms with van der Waals surface area (Å²) < 4.78 is 27.5. The zero-order valence-electron chi connectivity index (χ0n) is 11.5. The van der Waals surface area contributed by atoms with Gasteiger partial charge in [0.1, 0.15) is 0 Å². The van der Waals surface area contributed by atoms with Gasteiger partial charge in [0, 0.05) is 36.2 Å². The van der Waals surface area contributed by atoms with Crippen LogP contribution < -0.4 is 10.2 Å². The van der Waals surface area contributed by atoms with Crippen molar-refractivity contribution in [1.82, 2.24) is 4.98 Å². The Morgan fingerprint density at radius 3 is 2.79 bits per heavy atom. The van der Waals surface area contributed by atoms with E-state index in [4.69, 9.17) is 0 Å². The van der Waals surface area contributed by atoms with Crippen LogP contribution >= 0.6 is 11.8 Å². The highest BCUT2D eigenvalue weighted by atomic mass is 32.2. The van der Waals surface area contributed by atoms with E-state index in [1.165, 1.54) is 0 Å². The van der Waals surface area contributed by atoms with Crippen molar-refractivity contribution < 1.29 is 8.78 Å². The molecule has 0 atom stereocenters. The van der Waals surface area contributed by atoms with Gasteiger partial charge in [-0.15, -0.1) is 0 Å². The summed E-state index contributed by atoms with van der Waals surface area (Å²) >= 11 is 1.86. The van der Waals surface area contributed by atoms with Crippen LogP contribution in [0.5, 0.6) is 0 Å². The molecule has 3 nitrogen and oxygen atoms in total. The lowest BCUT2D eigenvalue weighted by molar-refractivity contribution is 0.560. The molecular formula is C13H19F2N3S. The molecule has 0 aliphatic carbocycles. The van der Waals surface area contributed by atoms with Crippen LogP contribution in [0.3, 0.4) is 0 Å². The quantitative estimate of drug-likeness (QED) is 0.924. The standard InChI is InChI=1S/C13H19F2N3S/c1-4-16-11-9(14)7-10(15)12(17-11)18-5-6-19-13(2,3)8-18/h7H,4-6,8H2,1-3H3,(H,16,17). The Kier molecular flexibility index (Phi) is 4.18. The van der Waals surface area contributed by atoms with Crippen molar-refractivity contribution in [2.24, 2.45) is 0 Å². The molecule has 106 valence electrons. The van der Waals surface area contributed by atoms with Gasteiger partial charge in [0.05, 0.1) is 0 Å². The molecular weight excluding hydrogens is 268 g/mol. The van der Waals surface area contributed by atoms with E-state index in [0.29, 0.717) is 13.1 Å². The number of rotatable bonds is 3. The minimum absolute atomic E-state index is 0.0547. The van der Waals surface area contributed by atoms with Crippen LogP contribution in [0.25, 0.3) is 0 Å². The second-order valence-corrected chi connectivity index (χ2v) is 6.99. The van der Waals surface area contributed by atoms with E-state index in [9.17, 15) is 8.78 Å². The number of anilines is 2. The first kappa shape index (κ1) is 14.4. The molecule has 0 radical (unpaired) electrons. The number of hydrogen-bond acceptors (Lipinski definition) is 4. The molecule has 1 fully saturated rings. The smallest absolute Gasteiger partial charge is 0.168 e. The number of nitrogens with zero attached hydrogens (tertiary/aromatic N) is 2. The molecule has 2 rings (SSSR count). The Balaban J connectivity index is 2.30. The SMILES string of the molecule is CCNc1nc(N2CCSC(C)(C)C2)c(F)cc1F. The minimum Gasteiger partial charge on any atom is -0.368 e. The summed E-state index contributed by atoms with van der Waals surface area (Å²) in [5.74, 6) is 0.0402. The fourth-order valence-corrected chi connectivity index (χ4v) is 3.28. The lowest BCUT2D eigenvalue weighted by Crippen LogP contribution is -2.44. The fraction of sp³-hybridized carbons (Fsp3) is 0.615. The van der Waals surface area contributed by atoms with Gasteiger partial charge in [-0.05, 0) is 20.8 Å². The van der Waals surface area contributed by atoms with E-state index >= 15 is 0 Å². The van der Waals surface area contributed by atoms with E-state index in [-0.39, 0.29) is 16.4 Å². The third-order valence-electron chi connectivity index (χ3n) is 2.98. The van der Waals surface area contributed by atoms with Crippen LogP contribution in [0.15, 0.2) is 6.07 Å². The second-order valence-electron chi connectivity index (χ2n) is 5.18. The predicted octanol–water partition coefficient (Wildman–Crippen LogP) is 3.12. The Hall–Kier alpha value is -1.04. The van der Waals surface area contributed by atoms with Gasteiger partial charge in [-0.25, -0.2) is 13.8 Å². The molecule has 2 heterocycles. The van der Waals surface area contributed by atoms with Crippen molar-refractivity contribution in [1.29, 1.82) is 0 Å². The highest BCUT2D eigenvalue weighted by Crippen LogP contribution is 2.33. The third kappa shape index (κ3) is 3.29. The normalized spacial score (nSPS) is 18.5. The monoisotopic (exact) mass is 287 g/mol. The molecule has 1 aromatic heterocycles. The van der Waals surface area contributed by atoms with Crippen molar-refractivity contribution in [3.8, 4) is 0 Å². The van der Waals surface area contributed by atoms with E-state index < -0.39 is 11.6 Å². The van der Waals surface area contributed by atoms with Crippen LogP contribution in [0.1, 0.15) is 20.8 Å². The Labute approximate surface area is 116 Å². The van der Waals surface area contributed by atoms with Crippen LogP contribution in [0.4, 0.5) is 20.4 Å². The highest BCUT2D eigenvalue weighted by Gasteiger charge is 2.29. The number of nitrogens with one attached hydrogen (secondary N) is 1. The zero-order chi connectivity index (χ0) is 14.0. The molecule has 0 saturated carbocycles. The lowest BCUT2D eigenvalue weighted by atomic mass is 10.2. The van der Waals surface area contributed by atoms with Crippen molar-refractivity contribution in [2.45, 2.75) is 25.5 Å². The first-order valence-electron chi connectivity index (χ1n) is 6.42. The molecule has 0 spiro atoms. The third-order valence-corrected chi connectivity index (χ3v) is 4.28. The van der Waals surface area contributed by atoms with Crippen LogP contribution in [0.2, 0.25) is 0 Å². The van der Waals surface area contributed by atoms with E-state index in [1.807, 2.05) is 23.6 Å². The summed E-state index contributed by atoms with van der Waals surface area (Å²) in [5, 5.41) is 2.82. The summed E-state index contributed by atoms with van der Waals surface area (Å²) in [6.07, 6.45) is 0. The first-order valence-corrected chi connectivity index (χ1v) is 7.40. The van der Waals surface area contributed by atoms with Gasteiger partial charge in [-0.2, -0.15) is 11.8 Å². The van der Waals surface area contributed by atoms with Gasteiger partial charge in [0.25, 0.3) is 0 Å². The highest BCUT2D eigenvalue weighted by molar-refractivity contribution is 8.00. The number of thioether (sulfide) groups is 1. The first-order chi connectivity index (χ1) is 8.93. The lowest BCUT2D eigenvalue weighted by Gasteiger charge is -2.38. The van der Waals surface area contributed by atoms with Gasteiger partial charge in [0.15, 0.2) is 23.3 Å². The van der Waals surface area contributed by atoms with Gasteiger partial charge in [0.2, 0.25) is 0 Å². The number of hydrogen-bond donors (Lipinski definition) is 1. The van der Waals surface area contributed by atoms with Gasteiger partial charge in [-0.3, -0.25) is 0 Å². The minimum atomic E-state index is -0.645. The molecule has 1 N–H and O–H groups in total. The summed E-state index contributed by atoms with van der Waals surface area (Å²) in [7, 11) is 0. The fourth-order valence-electron chi connectivity index (χ4n) is 2.17. The van der Waals surface area contributed by atoms with Crippen LogP contribution in [-0.4, -0.2) is 35.1 Å².